The van der Waals surface area contributed by atoms with Gasteiger partial charge in [0, 0.05) is 0 Å². The molecule has 21 heteroatoms. The van der Waals surface area contributed by atoms with Crippen LogP contribution in [0.2, 0.25) is 0 Å². The van der Waals surface area contributed by atoms with E-state index in [1.165, 1.54) is 6.92 Å². The first-order valence-electron chi connectivity index (χ1n) is 21.3. The molecule has 0 aliphatic heterocycles. The Labute approximate surface area is 365 Å². The van der Waals surface area contributed by atoms with Crippen molar-refractivity contribution in [2.75, 3.05) is 13.1 Å². The molecule has 13 N–H and O–H groups in total. The summed E-state index contributed by atoms with van der Waals surface area (Å²) < 4.78 is 0. The molecular formula is C41H74N10O11. The number of rotatable bonds is 29. The third kappa shape index (κ3) is 23.0. The summed E-state index contributed by atoms with van der Waals surface area (Å²) in [6.07, 6.45) is 0.0703. The number of carbonyl (C=O) groups is 10. The van der Waals surface area contributed by atoms with E-state index in [9.17, 15) is 53.1 Å². The second-order valence-corrected chi connectivity index (χ2v) is 17.5. The number of primary amides is 1. The number of amides is 9. The van der Waals surface area contributed by atoms with Gasteiger partial charge >= 0.3 is 5.97 Å². The molecule has 0 aromatic heterocycles. The number of nitrogens with two attached hydrogens (primary N) is 2. The van der Waals surface area contributed by atoms with Crippen LogP contribution in [0.1, 0.15) is 115 Å². The third-order valence-electron chi connectivity index (χ3n) is 9.49. The highest BCUT2D eigenvalue weighted by molar-refractivity contribution is 5.98. The Hall–Kier alpha value is -5.34. The number of carboxylic acid groups (broad SMARTS) is 1. The Morgan fingerprint density at radius 1 is 0.468 bits per heavy atom. The van der Waals surface area contributed by atoms with Crippen LogP contribution in [-0.2, 0) is 47.9 Å². The molecule has 8 atom stereocenters. The predicted octanol–water partition coefficient (Wildman–Crippen LogP) is -1.33. The Kier molecular flexibility index (Phi) is 25.9. The summed E-state index contributed by atoms with van der Waals surface area (Å²) >= 11 is 0. The van der Waals surface area contributed by atoms with Crippen LogP contribution in [0.3, 0.4) is 0 Å². The Morgan fingerprint density at radius 2 is 0.823 bits per heavy atom. The maximum Gasteiger partial charge on any atom is 0.305 e. The zero-order valence-electron chi connectivity index (χ0n) is 38.3. The van der Waals surface area contributed by atoms with Crippen LogP contribution in [0.5, 0.6) is 0 Å². The summed E-state index contributed by atoms with van der Waals surface area (Å²) in [4.78, 5) is 129. The molecule has 0 fully saturated rings. The standard InChI is InChI=1S/C41H74N10O11/c1-12-24(10)34(41(62)50-27(14-21(4)5)37(58)45-19-31(52)46-26(35(43)56)13-20(2)3)51-40(61)30(17-33(54)55)49-39(60)29(16-23(8)9)48-38(59)28(15-22(6)7)47-32(53)18-44-36(57)25(11)42/h20-30,34H,12-19,42H2,1-11H3,(H2,43,56)(H,44,57)(H,45,58)(H,46,52)(H,47,53)(H,48,59)(H,49,60)(H,50,62)(H,51,61)(H,54,55). The average molecular weight is 883 g/mol. The first kappa shape index (κ1) is 56.7. The largest absolute Gasteiger partial charge is 0.481 e. The lowest BCUT2D eigenvalue weighted by molar-refractivity contribution is -0.142. The minimum absolute atomic E-state index is 0.0437. The van der Waals surface area contributed by atoms with Gasteiger partial charge in [-0.25, -0.2) is 0 Å². The highest BCUT2D eigenvalue weighted by atomic mass is 16.4. The van der Waals surface area contributed by atoms with Gasteiger partial charge in [-0.3, -0.25) is 47.9 Å². The molecule has 0 aromatic rings. The van der Waals surface area contributed by atoms with Gasteiger partial charge in [0.1, 0.15) is 36.3 Å². The van der Waals surface area contributed by atoms with Crippen molar-refractivity contribution in [2.45, 2.75) is 157 Å². The quantitative estimate of drug-likeness (QED) is 0.0416. The van der Waals surface area contributed by atoms with Gasteiger partial charge in [0.05, 0.1) is 25.6 Å². The fourth-order valence-corrected chi connectivity index (χ4v) is 6.08. The monoisotopic (exact) mass is 883 g/mol. The van der Waals surface area contributed by atoms with Gasteiger partial charge in [0.2, 0.25) is 53.2 Å². The predicted molar refractivity (Wildman–Crippen MR) is 230 cm³/mol. The molecule has 9 amide bonds. The maximum absolute atomic E-state index is 13.8. The van der Waals surface area contributed by atoms with Crippen LogP contribution in [0.15, 0.2) is 0 Å². The Morgan fingerprint density at radius 3 is 1.23 bits per heavy atom. The van der Waals surface area contributed by atoms with Crippen LogP contribution < -0.4 is 54.0 Å². The van der Waals surface area contributed by atoms with Gasteiger partial charge in [0.25, 0.3) is 0 Å². The van der Waals surface area contributed by atoms with E-state index in [1.54, 1.807) is 41.5 Å². The van der Waals surface area contributed by atoms with Gasteiger partial charge in [0.15, 0.2) is 0 Å². The molecule has 0 saturated heterocycles. The van der Waals surface area contributed by atoms with E-state index in [1.807, 2.05) is 27.7 Å². The SMILES string of the molecule is CCC(C)C(NC(=O)C(CC(=O)O)NC(=O)C(CC(C)C)NC(=O)C(CC(C)C)NC(=O)CNC(=O)C(C)N)C(=O)NC(CC(C)C)C(=O)NCC(=O)NC(CC(C)C)C(N)=O. The molecule has 0 heterocycles. The van der Waals surface area contributed by atoms with Crippen LogP contribution >= 0.6 is 0 Å². The van der Waals surface area contributed by atoms with Crippen molar-refractivity contribution in [1.29, 1.82) is 0 Å². The van der Waals surface area contributed by atoms with Crippen molar-refractivity contribution < 1.29 is 53.1 Å². The molecule has 0 aliphatic carbocycles. The fourth-order valence-electron chi connectivity index (χ4n) is 6.08. The van der Waals surface area contributed by atoms with Crippen molar-refractivity contribution in [1.82, 2.24) is 42.5 Å². The highest BCUT2D eigenvalue weighted by Crippen LogP contribution is 2.13. The number of nitrogens with one attached hydrogen (secondary N) is 8. The van der Waals surface area contributed by atoms with E-state index in [2.05, 4.69) is 42.5 Å². The molecule has 0 spiro atoms. The molecule has 0 bridgehead atoms. The number of carboxylic acids is 1. The first-order chi connectivity index (χ1) is 28.7. The van der Waals surface area contributed by atoms with Crippen LogP contribution in [0, 0.1) is 29.6 Å². The lowest BCUT2D eigenvalue weighted by Crippen LogP contribution is -2.61. The lowest BCUT2D eigenvalue weighted by Gasteiger charge is -2.29. The summed E-state index contributed by atoms with van der Waals surface area (Å²) in [6, 6.07) is -8.45. The molecule has 0 rings (SSSR count). The van der Waals surface area contributed by atoms with Crippen molar-refractivity contribution in [2.24, 2.45) is 41.1 Å². The zero-order valence-corrected chi connectivity index (χ0v) is 38.3. The van der Waals surface area contributed by atoms with E-state index in [0.29, 0.717) is 6.42 Å². The van der Waals surface area contributed by atoms with Gasteiger partial charge in [-0.05, 0) is 62.2 Å². The van der Waals surface area contributed by atoms with Gasteiger partial charge in [-0.1, -0.05) is 75.7 Å². The highest BCUT2D eigenvalue weighted by Gasteiger charge is 2.35. The van der Waals surface area contributed by atoms with Gasteiger partial charge in [-0.15, -0.1) is 0 Å². The third-order valence-corrected chi connectivity index (χ3v) is 9.49. The van der Waals surface area contributed by atoms with Crippen molar-refractivity contribution in [3.8, 4) is 0 Å². The minimum Gasteiger partial charge on any atom is -0.481 e. The van der Waals surface area contributed by atoms with E-state index in [0.717, 1.165) is 0 Å². The molecule has 354 valence electrons. The molecule has 0 saturated carbocycles. The molecule has 21 nitrogen and oxygen atoms in total. The van der Waals surface area contributed by atoms with E-state index >= 15 is 0 Å². The molecule has 0 aromatic carbocycles. The van der Waals surface area contributed by atoms with E-state index in [-0.39, 0.29) is 49.4 Å². The normalized spacial score (nSPS) is 15.2. The fraction of sp³-hybridized carbons (Fsp3) is 0.756. The molecular weight excluding hydrogens is 809 g/mol. The second-order valence-electron chi connectivity index (χ2n) is 17.5. The Balaban J connectivity index is 6.25. The van der Waals surface area contributed by atoms with E-state index < -0.39 is 127 Å². The van der Waals surface area contributed by atoms with Gasteiger partial charge in [-0.2, -0.15) is 0 Å². The second kappa shape index (κ2) is 28.3. The number of aliphatic carboxylic acids is 1. The van der Waals surface area contributed by atoms with E-state index in [4.69, 9.17) is 11.5 Å². The lowest BCUT2D eigenvalue weighted by atomic mass is 9.96. The zero-order chi connectivity index (χ0) is 48.0. The summed E-state index contributed by atoms with van der Waals surface area (Å²) in [5, 5.41) is 29.8. The van der Waals surface area contributed by atoms with Crippen molar-refractivity contribution in [3.63, 3.8) is 0 Å². The number of hydrogen-bond acceptors (Lipinski definition) is 11. The summed E-state index contributed by atoms with van der Waals surface area (Å²) in [5.74, 6) is -9.22. The molecule has 62 heavy (non-hydrogen) atoms. The summed E-state index contributed by atoms with van der Waals surface area (Å²) in [7, 11) is 0. The molecule has 0 aliphatic rings. The molecule has 0 radical (unpaired) electrons. The van der Waals surface area contributed by atoms with Crippen LogP contribution in [-0.4, -0.2) is 120 Å². The van der Waals surface area contributed by atoms with Crippen LogP contribution in [0.25, 0.3) is 0 Å². The van der Waals surface area contributed by atoms with Crippen molar-refractivity contribution >= 4 is 59.1 Å². The number of carbonyl (C=O) groups excluding carboxylic acids is 9. The maximum atomic E-state index is 13.8. The smallest absolute Gasteiger partial charge is 0.305 e. The van der Waals surface area contributed by atoms with Crippen molar-refractivity contribution in [3.05, 3.63) is 0 Å². The first-order valence-corrected chi connectivity index (χ1v) is 21.3. The average Bonchev–Trinajstić information content (AvgIpc) is 3.15. The summed E-state index contributed by atoms with van der Waals surface area (Å²) in [6.45, 7) is 18.3. The molecule has 8 unspecified atom stereocenters. The van der Waals surface area contributed by atoms with Gasteiger partial charge < -0.3 is 59.1 Å². The Bertz CT molecular complexity index is 1550. The number of hydrogen-bond donors (Lipinski definition) is 11. The topological polar surface area (TPSA) is 339 Å². The minimum atomic E-state index is -1.72. The van der Waals surface area contributed by atoms with Crippen LogP contribution in [0.4, 0.5) is 0 Å². The summed E-state index contributed by atoms with van der Waals surface area (Å²) in [5.41, 5.74) is 10.9.